The molecule has 0 N–H and O–H groups in total. The fourth-order valence-corrected chi connectivity index (χ4v) is 1.74. The Morgan fingerprint density at radius 3 is 2.62 bits per heavy atom. The van der Waals surface area contributed by atoms with Crippen LogP contribution >= 0.6 is 0 Å². The summed E-state index contributed by atoms with van der Waals surface area (Å²) in [4.78, 5) is 0. The zero-order chi connectivity index (χ0) is 9.52. The summed E-state index contributed by atoms with van der Waals surface area (Å²) < 4.78 is 11.0. The molecule has 2 heteroatoms. The molecule has 1 rings (SSSR count). The first-order chi connectivity index (χ1) is 6.33. The summed E-state index contributed by atoms with van der Waals surface area (Å²) in [5.41, 5.74) is 1.31. The molecule has 1 aromatic rings. The van der Waals surface area contributed by atoms with Crippen LogP contribution in [0.15, 0.2) is 42.3 Å². The highest BCUT2D eigenvalue weighted by Gasteiger charge is 1.94. The molecule has 0 fully saturated rings. The summed E-state index contributed by atoms with van der Waals surface area (Å²) in [6, 6.07) is 10.2. The van der Waals surface area contributed by atoms with Crippen LogP contribution in [0.5, 0.6) is 0 Å². The third kappa shape index (κ3) is 4.04. The normalized spacial score (nSPS) is 12.3. The summed E-state index contributed by atoms with van der Waals surface area (Å²) in [6.07, 6.45) is 1.96. The van der Waals surface area contributed by atoms with E-state index in [2.05, 4.69) is 18.7 Å². The number of hydrogen-bond acceptors (Lipinski definition) is 1. The molecule has 70 valence electrons. The molecule has 1 aromatic carbocycles. The van der Waals surface area contributed by atoms with E-state index in [0.29, 0.717) is 0 Å². The van der Waals surface area contributed by atoms with Crippen molar-refractivity contribution in [3.63, 3.8) is 0 Å². The van der Waals surface area contributed by atoms with Gasteiger partial charge in [0.05, 0.1) is 0 Å². The molecule has 0 aliphatic heterocycles. The average Bonchev–Trinajstić information content (AvgIpc) is 2.19. The first-order valence-corrected chi connectivity index (χ1v) is 5.75. The predicted molar refractivity (Wildman–Crippen MR) is 58.0 cm³/mol. The molecule has 0 aromatic heterocycles. The summed E-state index contributed by atoms with van der Waals surface area (Å²) in [7, 11) is -0.837. The lowest BCUT2D eigenvalue weighted by Gasteiger charge is -1.98. The molecule has 0 aliphatic rings. The molecule has 0 radical (unpaired) electrons. The summed E-state index contributed by atoms with van der Waals surface area (Å²) in [5.74, 6) is 0.721. The first-order valence-electron chi connectivity index (χ1n) is 4.36. The lowest BCUT2D eigenvalue weighted by Crippen LogP contribution is -1.95. The van der Waals surface area contributed by atoms with Gasteiger partial charge in [0.2, 0.25) is 0 Å². The van der Waals surface area contributed by atoms with Gasteiger partial charge >= 0.3 is 0 Å². The van der Waals surface area contributed by atoms with Crippen LogP contribution in [0.2, 0.25) is 0 Å². The Morgan fingerprint density at radius 2 is 2.00 bits per heavy atom. The van der Waals surface area contributed by atoms with Gasteiger partial charge < -0.3 is 0 Å². The predicted octanol–water partition coefficient (Wildman–Crippen LogP) is 2.51. The Balaban J connectivity index is 2.28. The maximum atomic E-state index is 11.0. The van der Waals surface area contributed by atoms with E-state index in [1.54, 1.807) is 0 Å². The van der Waals surface area contributed by atoms with Crippen LogP contribution in [0.25, 0.3) is 0 Å². The lowest BCUT2D eigenvalue weighted by atomic mass is 10.1. The Kier molecular flexibility index (Phi) is 4.47. The van der Waals surface area contributed by atoms with Crippen LogP contribution in [0.1, 0.15) is 12.0 Å². The van der Waals surface area contributed by atoms with Crippen molar-refractivity contribution in [3.8, 4) is 0 Å². The summed E-state index contributed by atoms with van der Waals surface area (Å²) in [5, 5.41) is 1.50. The second-order valence-electron chi connectivity index (χ2n) is 2.84. The van der Waals surface area contributed by atoms with E-state index in [1.807, 2.05) is 18.2 Å². The monoisotopic (exact) mass is 194 g/mol. The van der Waals surface area contributed by atoms with E-state index < -0.39 is 10.8 Å². The smallest absolute Gasteiger partial charge is 0.0450 e. The van der Waals surface area contributed by atoms with Crippen molar-refractivity contribution in [2.75, 3.05) is 5.75 Å². The van der Waals surface area contributed by atoms with E-state index in [4.69, 9.17) is 0 Å². The summed E-state index contributed by atoms with van der Waals surface area (Å²) in [6.45, 7) is 3.49. The second kappa shape index (κ2) is 5.70. The molecule has 0 bridgehead atoms. The lowest BCUT2D eigenvalue weighted by molar-refractivity contribution is 0.686. The number of hydrogen-bond donors (Lipinski definition) is 0. The third-order valence-electron chi connectivity index (χ3n) is 1.84. The van der Waals surface area contributed by atoms with Crippen LogP contribution in [0.3, 0.4) is 0 Å². The zero-order valence-corrected chi connectivity index (χ0v) is 8.43. The van der Waals surface area contributed by atoms with Gasteiger partial charge in [0.25, 0.3) is 0 Å². The van der Waals surface area contributed by atoms with Crippen molar-refractivity contribution in [1.29, 1.82) is 0 Å². The van der Waals surface area contributed by atoms with Gasteiger partial charge in [0.15, 0.2) is 0 Å². The maximum Gasteiger partial charge on any atom is 0.0450 e. The van der Waals surface area contributed by atoms with Crippen LogP contribution in [0, 0.1) is 0 Å². The largest absolute Gasteiger partial charge is 0.255 e. The molecule has 1 unspecified atom stereocenters. The number of benzene rings is 1. The van der Waals surface area contributed by atoms with Gasteiger partial charge in [-0.15, -0.1) is 0 Å². The topological polar surface area (TPSA) is 17.1 Å². The minimum Gasteiger partial charge on any atom is -0.255 e. The van der Waals surface area contributed by atoms with Gasteiger partial charge in [0, 0.05) is 16.6 Å². The van der Waals surface area contributed by atoms with Gasteiger partial charge in [-0.3, -0.25) is 4.21 Å². The van der Waals surface area contributed by atoms with E-state index >= 15 is 0 Å². The standard InChI is InChI=1S/C11H14OS/c1-2-13(12)10-6-9-11-7-4-3-5-8-11/h2-5,7-8H,1,6,9-10H2. The van der Waals surface area contributed by atoms with Crippen LogP contribution in [0.4, 0.5) is 0 Å². The number of rotatable bonds is 5. The molecule has 0 heterocycles. The van der Waals surface area contributed by atoms with Gasteiger partial charge in [-0.25, -0.2) is 0 Å². The van der Waals surface area contributed by atoms with Crippen molar-refractivity contribution in [3.05, 3.63) is 47.9 Å². The van der Waals surface area contributed by atoms with Crippen molar-refractivity contribution >= 4 is 10.8 Å². The SMILES string of the molecule is C=CS(=O)CCCc1ccccc1. The molecule has 0 aliphatic carbocycles. The van der Waals surface area contributed by atoms with Crippen molar-refractivity contribution in [2.24, 2.45) is 0 Å². The third-order valence-corrected chi connectivity index (χ3v) is 2.90. The minimum atomic E-state index is -0.837. The highest BCUT2D eigenvalue weighted by atomic mass is 32.2. The van der Waals surface area contributed by atoms with Crippen molar-refractivity contribution in [1.82, 2.24) is 0 Å². The molecule has 1 atom stereocenters. The van der Waals surface area contributed by atoms with Crippen molar-refractivity contribution in [2.45, 2.75) is 12.8 Å². The van der Waals surface area contributed by atoms with Crippen LogP contribution in [-0.4, -0.2) is 9.96 Å². The van der Waals surface area contributed by atoms with Gasteiger partial charge in [-0.1, -0.05) is 36.9 Å². The Labute approximate surface area is 81.9 Å². The first kappa shape index (κ1) is 10.2. The quantitative estimate of drug-likeness (QED) is 0.704. The highest BCUT2D eigenvalue weighted by molar-refractivity contribution is 7.87. The van der Waals surface area contributed by atoms with Crippen LogP contribution < -0.4 is 0 Å². The average molecular weight is 194 g/mol. The summed E-state index contributed by atoms with van der Waals surface area (Å²) >= 11 is 0. The Morgan fingerprint density at radius 1 is 1.31 bits per heavy atom. The van der Waals surface area contributed by atoms with Gasteiger partial charge in [0.1, 0.15) is 0 Å². The van der Waals surface area contributed by atoms with Gasteiger partial charge in [-0.2, -0.15) is 0 Å². The number of aryl methyl sites for hydroxylation is 1. The van der Waals surface area contributed by atoms with Gasteiger partial charge in [-0.05, 0) is 23.8 Å². The van der Waals surface area contributed by atoms with E-state index in [0.717, 1.165) is 18.6 Å². The molecular weight excluding hydrogens is 180 g/mol. The molecule has 13 heavy (non-hydrogen) atoms. The Hall–Kier alpha value is -0.890. The van der Waals surface area contributed by atoms with Crippen molar-refractivity contribution < 1.29 is 4.21 Å². The minimum absolute atomic E-state index is 0.721. The van der Waals surface area contributed by atoms with E-state index in [9.17, 15) is 4.21 Å². The second-order valence-corrected chi connectivity index (χ2v) is 4.34. The maximum absolute atomic E-state index is 11.0. The molecule has 0 amide bonds. The Bertz CT molecular complexity index is 279. The highest BCUT2D eigenvalue weighted by Crippen LogP contribution is 2.02. The van der Waals surface area contributed by atoms with E-state index in [-0.39, 0.29) is 0 Å². The van der Waals surface area contributed by atoms with E-state index in [1.165, 1.54) is 11.0 Å². The molecule has 0 saturated heterocycles. The molecule has 0 saturated carbocycles. The zero-order valence-electron chi connectivity index (χ0n) is 7.61. The molecule has 0 spiro atoms. The molecular formula is C11H14OS. The fourth-order valence-electron chi connectivity index (χ4n) is 1.15. The fraction of sp³-hybridized carbons (Fsp3) is 0.273. The van der Waals surface area contributed by atoms with Crippen LogP contribution in [-0.2, 0) is 17.2 Å². The molecule has 1 nitrogen and oxygen atoms in total.